The summed E-state index contributed by atoms with van der Waals surface area (Å²) in [4.78, 5) is 30.6. The second kappa shape index (κ2) is 8.98. The Labute approximate surface area is 198 Å². The molecule has 3 heterocycles. The lowest BCUT2D eigenvalue weighted by molar-refractivity contribution is 0.0635. The van der Waals surface area contributed by atoms with Crippen molar-refractivity contribution in [1.82, 2.24) is 19.7 Å². The second-order valence-corrected chi connectivity index (χ2v) is 9.63. The van der Waals surface area contributed by atoms with E-state index in [0.717, 1.165) is 49.0 Å². The fourth-order valence-corrected chi connectivity index (χ4v) is 5.14. The number of benzene rings is 1. The van der Waals surface area contributed by atoms with Gasteiger partial charge < -0.3 is 15.2 Å². The zero-order valence-corrected chi connectivity index (χ0v) is 19.7. The minimum atomic E-state index is -0.222. The van der Waals surface area contributed by atoms with E-state index in [-0.39, 0.29) is 23.6 Å². The molecule has 34 heavy (non-hydrogen) atoms. The lowest BCUT2D eigenvalue weighted by Gasteiger charge is -2.33. The molecule has 1 saturated carbocycles. The molecule has 2 aliphatic rings. The number of pyridine rings is 1. The van der Waals surface area contributed by atoms with Crippen molar-refractivity contribution in [3.05, 3.63) is 51.9 Å². The first-order chi connectivity index (χ1) is 16.5. The maximum Gasteiger partial charge on any atom is 0.261 e. The Morgan fingerprint density at radius 2 is 2.12 bits per heavy atom. The summed E-state index contributed by atoms with van der Waals surface area (Å²) in [5.74, 6) is 0.953. The van der Waals surface area contributed by atoms with Gasteiger partial charge in [-0.2, -0.15) is 10.4 Å². The van der Waals surface area contributed by atoms with Gasteiger partial charge in [0, 0.05) is 30.0 Å². The lowest BCUT2D eigenvalue weighted by atomic mass is 10.0. The normalized spacial score (nSPS) is 19.1. The summed E-state index contributed by atoms with van der Waals surface area (Å²) in [6.45, 7) is 4.85. The molecule has 1 amide bonds. The summed E-state index contributed by atoms with van der Waals surface area (Å²) in [5, 5.41) is 17.9. The molecular formula is C26H30N6O2. The molecule has 1 aliphatic heterocycles. The first-order valence-electron chi connectivity index (χ1n) is 12.1. The highest BCUT2D eigenvalue weighted by atomic mass is 16.2. The highest BCUT2D eigenvalue weighted by Gasteiger charge is 2.34. The van der Waals surface area contributed by atoms with Crippen molar-refractivity contribution in [2.75, 3.05) is 11.9 Å². The molecule has 2 fully saturated rings. The Balaban J connectivity index is 1.47. The first-order valence-corrected chi connectivity index (χ1v) is 12.1. The van der Waals surface area contributed by atoms with Gasteiger partial charge in [0.05, 0.1) is 24.0 Å². The molecule has 176 valence electrons. The van der Waals surface area contributed by atoms with Gasteiger partial charge in [0.15, 0.2) is 5.82 Å². The summed E-state index contributed by atoms with van der Waals surface area (Å²) >= 11 is 0. The molecule has 0 spiro atoms. The predicted molar refractivity (Wildman–Crippen MR) is 131 cm³/mol. The van der Waals surface area contributed by atoms with Gasteiger partial charge >= 0.3 is 0 Å². The van der Waals surface area contributed by atoms with Gasteiger partial charge in [-0.3, -0.25) is 14.3 Å². The van der Waals surface area contributed by atoms with Crippen LogP contribution in [0.3, 0.4) is 0 Å². The van der Waals surface area contributed by atoms with E-state index in [1.54, 1.807) is 6.20 Å². The largest absolute Gasteiger partial charge is 0.338 e. The third-order valence-electron chi connectivity index (χ3n) is 7.19. The summed E-state index contributed by atoms with van der Waals surface area (Å²) in [6, 6.07) is 9.98. The number of fused-ring (bicyclic) bond motifs is 1. The highest BCUT2D eigenvalue weighted by molar-refractivity contribution is 5.97. The SMILES string of the molecule is Cc1cc(Nc2nn([C@@H](CC#N)C3CC3)c3cc[nH]c(=O)c23)ccc1C(=O)N1CCCC[C@@H]1C. The van der Waals surface area contributed by atoms with Crippen LogP contribution < -0.4 is 10.9 Å². The van der Waals surface area contributed by atoms with Crippen LogP contribution in [0.15, 0.2) is 35.3 Å². The summed E-state index contributed by atoms with van der Waals surface area (Å²) in [6.07, 6.45) is 7.39. The molecular weight excluding hydrogens is 428 g/mol. The van der Waals surface area contributed by atoms with Gasteiger partial charge in [-0.1, -0.05) is 0 Å². The zero-order valence-electron chi connectivity index (χ0n) is 19.7. The number of hydrogen-bond donors (Lipinski definition) is 2. The summed E-state index contributed by atoms with van der Waals surface area (Å²) in [5.41, 5.74) is 2.85. The molecule has 8 nitrogen and oxygen atoms in total. The number of carbonyl (C=O) groups is 1. The van der Waals surface area contributed by atoms with Crippen molar-refractivity contribution in [2.24, 2.45) is 5.92 Å². The number of nitrogens with one attached hydrogen (secondary N) is 2. The van der Waals surface area contributed by atoms with E-state index >= 15 is 0 Å². The fourth-order valence-electron chi connectivity index (χ4n) is 5.14. The number of aromatic amines is 1. The number of aryl methyl sites for hydroxylation is 1. The van der Waals surface area contributed by atoms with E-state index in [1.807, 2.05) is 40.8 Å². The van der Waals surface area contributed by atoms with Gasteiger partial charge in [0.1, 0.15) is 5.39 Å². The van der Waals surface area contributed by atoms with E-state index in [4.69, 9.17) is 5.10 Å². The molecule has 2 aromatic heterocycles. The topological polar surface area (TPSA) is 107 Å². The number of piperidine rings is 1. The van der Waals surface area contributed by atoms with Crippen LogP contribution in [0.1, 0.15) is 67.4 Å². The molecule has 8 heteroatoms. The maximum atomic E-state index is 13.1. The van der Waals surface area contributed by atoms with Crippen molar-refractivity contribution in [3.8, 4) is 6.07 Å². The van der Waals surface area contributed by atoms with E-state index in [9.17, 15) is 14.9 Å². The molecule has 0 radical (unpaired) electrons. The fraction of sp³-hybridized carbons (Fsp3) is 0.462. The van der Waals surface area contributed by atoms with Crippen molar-refractivity contribution >= 4 is 28.3 Å². The molecule has 2 atom stereocenters. The number of nitriles is 1. The summed E-state index contributed by atoms with van der Waals surface area (Å²) < 4.78 is 1.84. The van der Waals surface area contributed by atoms with Crippen molar-refractivity contribution in [3.63, 3.8) is 0 Å². The van der Waals surface area contributed by atoms with Gasteiger partial charge in [-0.25, -0.2) is 0 Å². The maximum absolute atomic E-state index is 13.1. The molecule has 1 aromatic carbocycles. The van der Waals surface area contributed by atoms with E-state index < -0.39 is 0 Å². The van der Waals surface area contributed by atoms with Crippen LogP contribution >= 0.6 is 0 Å². The Morgan fingerprint density at radius 1 is 1.29 bits per heavy atom. The number of aromatic nitrogens is 3. The number of hydrogen-bond acceptors (Lipinski definition) is 5. The molecule has 2 N–H and O–H groups in total. The molecule has 5 rings (SSSR count). The molecule has 1 saturated heterocycles. The average Bonchev–Trinajstić information content (AvgIpc) is 3.60. The molecule has 0 bridgehead atoms. The first kappa shape index (κ1) is 22.2. The van der Waals surface area contributed by atoms with Crippen molar-refractivity contribution in [1.29, 1.82) is 5.26 Å². The smallest absolute Gasteiger partial charge is 0.261 e. The second-order valence-electron chi connectivity index (χ2n) is 9.63. The third-order valence-corrected chi connectivity index (χ3v) is 7.19. The number of rotatable bonds is 6. The zero-order chi connectivity index (χ0) is 23.8. The van der Waals surface area contributed by atoms with Crippen molar-refractivity contribution < 1.29 is 4.79 Å². The number of anilines is 2. The molecule has 0 unspecified atom stereocenters. The van der Waals surface area contributed by atoms with Crippen LogP contribution in [0.25, 0.3) is 10.9 Å². The van der Waals surface area contributed by atoms with Gasteiger partial charge in [-0.15, -0.1) is 0 Å². The number of likely N-dealkylation sites (tertiary alicyclic amines) is 1. The van der Waals surface area contributed by atoms with Crippen LogP contribution in [-0.2, 0) is 0 Å². The predicted octanol–water partition coefficient (Wildman–Crippen LogP) is 4.66. The quantitative estimate of drug-likeness (QED) is 0.559. The number of carbonyl (C=O) groups excluding carboxylic acids is 1. The van der Waals surface area contributed by atoms with E-state index in [1.165, 1.54) is 6.42 Å². The van der Waals surface area contributed by atoms with Gasteiger partial charge in [0.25, 0.3) is 11.5 Å². The van der Waals surface area contributed by atoms with E-state index in [0.29, 0.717) is 29.1 Å². The number of nitrogens with zero attached hydrogens (tertiary/aromatic N) is 4. The third kappa shape index (κ3) is 4.07. The Bertz CT molecular complexity index is 1330. The average molecular weight is 459 g/mol. The van der Waals surface area contributed by atoms with E-state index in [2.05, 4.69) is 23.3 Å². The number of H-pyrrole nitrogens is 1. The Kier molecular flexibility index (Phi) is 5.86. The Hall–Kier alpha value is -3.60. The minimum Gasteiger partial charge on any atom is -0.338 e. The lowest BCUT2D eigenvalue weighted by Crippen LogP contribution is -2.42. The van der Waals surface area contributed by atoms with Crippen LogP contribution in [0.5, 0.6) is 0 Å². The van der Waals surface area contributed by atoms with Crippen LogP contribution in [0.2, 0.25) is 0 Å². The van der Waals surface area contributed by atoms with Crippen molar-refractivity contribution in [2.45, 2.75) is 64.5 Å². The monoisotopic (exact) mass is 458 g/mol. The highest BCUT2D eigenvalue weighted by Crippen LogP contribution is 2.43. The van der Waals surface area contributed by atoms with Gasteiger partial charge in [0.2, 0.25) is 0 Å². The molecule has 3 aromatic rings. The standard InChI is InChI=1S/C26H30N6O2/c1-16-15-19(8-9-20(16)26(34)31-14-4-3-5-17(31)2)29-24-23-22(11-13-28-25(23)33)32(30-24)21(10-12-27)18-6-7-18/h8-9,11,13,15,17-18,21H,3-7,10,14H2,1-2H3,(H,28,33)(H,29,30)/t17-,21-/m0/s1. The molecule has 1 aliphatic carbocycles. The Morgan fingerprint density at radius 3 is 2.82 bits per heavy atom. The van der Waals surface area contributed by atoms with Crippen LogP contribution in [0, 0.1) is 24.2 Å². The van der Waals surface area contributed by atoms with Gasteiger partial charge in [-0.05, 0) is 81.7 Å². The van der Waals surface area contributed by atoms with Crippen LogP contribution in [-0.4, -0.2) is 38.2 Å². The summed E-state index contributed by atoms with van der Waals surface area (Å²) in [7, 11) is 0. The van der Waals surface area contributed by atoms with Crippen LogP contribution in [0.4, 0.5) is 11.5 Å². The number of amides is 1. The minimum absolute atomic E-state index is 0.0434.